The Balaban J connectivity index is 2.06. The minimum Gasteiger partial charge on any atom is -0.497 e. The van der Waals surface area contributed by atoms with E-state index in [0.717, 1.165) is 24.2 Å². The van der Waals surface area contributed by atoms with Crippen LogP contribution in [0.3, 0.4) is 0 Å². The predicted molar refractivity (Wildman–Crippen MR) is 186 cm³/mol. The summed E-state index contributed by atoms with van der Waals surface area (Å²) in [5.74, 6) is 2.41. The Labute approximate surface area is 272 Å². The lowest BCUT2D eigenvalue weighted by molar-refractivity contribution is -0.123. The molecule has 1 aliphatic rings. The first-order valence-electron chi connectivity index (χ1n) is 16.0. The number of hydrogen-bond donors (Lipinski definition) is 0. The normalized spacial score (nSPS) is 23.5. The molecule has 8 atom stereocenters. The summed E-state index contributed by atoms with van der Waals surface area (Å²) in [7, 11) is -0.324. The lowest BCUT2D eigenvalue weighted by atomic mass is 9.88. The van der Waals surface area contributed by atoms with Crippen molar-refractivity contribution in [1.82, 2.24) is 0 Å². The second-order valence-corrected chi connectivity index (χ2v) is 19.8. The van der Waals surface area contributed by atoms with Crippen molar-refractivity contribution in [2.45, 2.75) is 137 Å². The Morgan fingerprint density at radius 2 is 1.74 bits per heavy atom. The summed E-state index contributed by atoms with van der Waals surface area (Å²) in [5.41, 5.74) is 1.08. The fraction of sp³-hybridized carbons (Fsp3) is 0.743. The van der Waals surface area contributed by atoms with Gasteiger partial charge in [-0.15, -0.1) is 0 Å². The smallest absolute Gasteiger partial charge is 0.192 e. The van der Waals surface area contributed by atoms with Gasteiger partial charge in [-0.2, -0.15) is 0 Å². The van der Waals surface area contributed by atoms with Crippen LogP contribution in [-0.2, 0) is 25.3 Å². The number of ketones is 1. The molecule has 0 N–H and O–H groups in total. The van der Waals surface area contributed by atoms with Gasteiger partial charge in [-0.3, -0.25) is 4.79 Å². The van der Waals surface area contributed by atoms with E-state index >= 15 is 0 Å². The van der Waals surface area contributed by atoms with Gasteiger partial charge < -0.3 is 18.6 Å². The van der Waals surface area contributed by atoms with Crippen molar-refractivity contribution in [3.8, 4) is 5.75 Å². The summed E-state index contributed by atoms with van der Waals surface area (Å²) in [4.78, 5) is 13.4. The lowest BCUT2D eigenvalue weighted by Gasteiger charge is -2.40. The monoisotopic (exact) mass is 714 g/mol. The highest BCUT2D eigenvalue weighted by molar-refractivity contribution is 14.1. The zero-order chi connectivity index (χ0) is 31.7. The van der Waals surface area contributed by atoms with Gasteiger partial charge in [0.2, 0.25) is 0 Å². The molecule has 1 fully saturated rings. The molecule has 5 nitrogen and oxygen atoms in total. The largest absolute Gasteiger partial charge is 0.497 e. The second kappa shape index (κ2) is 17.1. The van der Waals surface area contributed by atoms with Gasteiger partial charge in [0.25, 0.3) is 0 Å². The zero-order valence-corrected chi connectivity index (χ0v) is 31.4. The summed E-state index contributed by atoms with van der Waals surface area (Å²) >= 11 is 2.22. The summed E-state index contributed by atoms with van der Waals surface area (Å²) in [6.45, 7) is 23.2. The maximum absolute atomic E-state index is 13.4. The third-order valence-corrected chi connectivity index (χ3v) is 14.5. The van der Waals surface area contributed by atoms with E-state index in [1.165, 1.54) is 6.42 Å². The molecule has 1 saturated heterocycles. The van der Waals surface area contributed by atoms with Crippen LogP contribution >= 0.6 is 22.6 Å². The Kier molecular flexibility index (Phi) is 15.2. The van der Waals surface area contributed by atoms with Crippen LogP contribution in [0.2, 0.25) is 18.1 Å². The number of rotatable bonds is 17. The SMILES string of the molecule is CC[C@H](C)C[C@H](C)[C@@H]1C[C@H](O[Si](C)(C)C(C)(C)C)[C@H]([C@@H](C)CC(=O)C[C@H](C)[C@@H](/C=C/I)OCc2ccc(OC)cc2)O1. The molecule has 0 radical (unpaired) electrons. The molecule has 1 heterocycles. The summed E-state index contributed by atoms with van der Waals surface area (Å²) in [6.07, 6.45) is 6.33. The highest BCUT2D eigenvalue weighted by Crippen LogP contribution is 2.42. The van der Waals surface area contributed by atoms with Crippen molar-refractivity contribution in [2.75, 3.05) is 7.11 Å². The number of Topliss-reactive ketones (excluding diaryl/α,β-unsaturated/α-hetero) is 1. The maximum atomic E-state index is 13.4. The van der Waals surface area contributed by atoms with Crippen LogP contribution in [0.1, 0.15) is 93.1 Å². The van der Waals surface area contributed by atoms with E-state index in [1.54, 1.807) is 7.11 Å². The molecule has 0 saturated carbocycles. The maximum Gasteiger partial charge on any atom is 0.192 e. The molecule has 7 heteroatoms. The van der Waals surface area contributed by atoms with Crippen LogP contribution in [0.4, 0.5) is 0 Å². The Bertz CT molecular complexity index is 973. The first-order chi connectivity index (χ1) is 19.6. The van der Waals surface area contributed by atoms with Crippen molar-refractivity contribution in [2.24, 2.45) is 23.7 Å². The first kappa shape index (κ1) is 37.4. The molecule has 0 amide bonds. The summed E-state index contributed by atoms with van der Waals surface area (Å²) in [6, 6.07) is 7.92. The van der Waals surface area contributed by atoms with Gasteiger partial charge in [0.1, 0.15) is 11.5 Å². The van der Waals surface area contributed by atoms with Gasteiger partial charge in [-0.25, -0.2) is 0 Å². The highest BCUT2D eigenvalue weighted by atomic mass is 127. The number of carbonyl (C=O) groups is 1. The average molecular weight is 715 g/mol. The predicted octanol–water partition coefficient (Wildman–Crippen LogP) is 9.77. The molecule has 1 aromatic rings. The highest BCUT2D eigenvalue weighted by Gasteiger charge is 2.47. The molecule has 240 valence electrons. The van der Waals surface area contributed by atoms with E-state index in [4.69, 9.17) is 18.6 Å². The fourth-order valence-electron chi connectivity index (χ4n) is 5.63. The first-order valence-corrected chi connectivity index (χ1v) is 20.1. The van der Waals surface area contributed by atoms with Crippen LogP contribution in [0.5, 0.6) is 5.75 Å². The molecular formula is C35H59IO5Si. The third-order valence-electron chi connectivity index (χ3n) is 9.61. The zero-order valence-electron chi connectivity index (χ0n) is 28.2. The van der Waals surface area contributed by atoms with Crippen molar-refractivity contribution in [3.63, 3.8) is 0 Å². The van der Waals surface area contributed by atoms with Crippen molar-refractivity contribution >= 4 is 36.7 Å². The van der Waals surface area contributed by atoms with Gasteiger partial charge in [-0.1, -0.05) is 96.5 Å². The van der Waals surface area contributed by atoms with Gasteiger partial charge in [0.05, 0.1) is 38.1 Å². The van der Waals surface area contributed by atoms with E-state index < -0.39 is 8.32 Å². The second-order valence-electron chi connectivity index (χ2n) is 14.4. The molecule has 0 unspecified atom stereocenters. The molecule has 1 aromatic carbocycles. The van der Waals surface area contributed by atoms with E-state index in [9.17, 15) is 4.79 Å². The summed E-state index contributed by atoms with van der Waals surface area (Å²) in [5, 5.41) is 0.124. The molecule has 0 bridgehead atoms. The molecular weight excluding hydrogens is 655 g/mol. The number of carbonyl (C=O) groups excluding carboxylic acids is 1. The minimum absolute atomic E-state index is 0.0398. The molecule has 0 aromatic heterocycles. The van der Waals surface area contributed by atoms with Crippen molar-refractivity contribution in [1.29, 1.82) is 0 Å². The number of ether oxygens (including phenoxy) is 3. The Morgan fingerprint density at radius 3 is 2.29 bits per heavy atom. The van der Waals surface area contributed by atoms with E-state index in [2.05, 4.69) is 97.2 Å². The number of hydrogen-bond acceptors (Lipinski definition) is 5. The Hall–Kier alpha value is -0.743. The van der Waals surface area contributed by atoms with E-state index in [-0.39, 0.29) is 47.1 Å². The fourth-order valence-corrected chi connectivity index (χ4v) is 7.38. The van der Waals surface area contributed by atoms with Crippen LogP contribution in [0.25, 0.3) is 0 Å². The number of halogens is 1. The molecule has 2 rings (SSSR count). The van der Waals surface area contributed by atoms with Crippen LogP contribution in [0.15, 0.2) is 34.4 Å². The quantitative estimate of drug-likeness (QED) is 0.119. The number of benzene rings is 1. The minimum atomic E-state index is -1.99. The van der Waals surface area contributed by atoms with Crippen molar-refractivity contribution in [3.05, 3.63) is 40.0 Å². The molecule has 1 aliphatic heterocycles. The van der Waals surface area contributed by atoms with E-state index in [1.807, 2.05) is 28.3 Å². The molecule has 0 aliphatic carbocycles. The van der Waals surface area contributed by atoms with E-state index in [0.29, 0.717) is 31.3 Å². The molecule has 42 heavy (non-hydrogen) atoms. The molecule has 0 spiro atoms. The standard InChI is InChI=1S/C35H59IO5Si/c1-12-24(2)19-25(3)32-22-33(41-42(10,11)35(6,7)8)34(40-32)27(5)21-29(37)20-26(4)31(17-18-36)39-23-28-13-15-30(38-9)16-14-28/h13-18,24-27,31-34H,12,19-23H2,1-11H3/b18-17+/t24-,25-,26-,27-,31+,32-,33-,34-/m0/s1. The third kappa shape index (κ3) is 11.3. The van der Waals surface area contributed by atoms with Crippen LogP contribution in [-0.4, -0.2) is 45.6 Å². The van der Waals surface area contributed by atoms with Crippen molar-refractivity contribution < 1.29 is 23.4 Å². The Morgan fingerprint density at radius 1 is 1.10 bits per heavy atom. The van der Waals surface area contributed by atoms with Crippen LogP contribution < -0.4 is 4.74 Å². The van der Waals surface area contributed by atoms with Gasteiger partial charge in [0.15, 0.2) is 8.32 Å². The van der Waals surface area contributed by atoms with Gasteiger partial charge in [-0.05, 0) is 76.1 Å². The summed E-state index contributed by atoms with van der Waals surface area (Å²) < 4.78 is 27.3. The number of methoxy groups -OCH3 is 1. The van der Waals surface area contributed by atoms with Gasteiger partial charge >= 0.3 is 0 Å². The van der Waals surface area contributed by atoms with Gasteiger partial charge in [0, 0.05) is 19.3 Å². The average Bonchev–Trinajstić information content (AvgIpc) is 3.33. The lowest BCUT2D eigenvalue weighted by Crippen LogP contribution is -2.47. The topological polar surface area (TPSA) is 54.0 Å². The van der Waals surface area contributed by atoms with Crippen LogP contribution in [0, 0.1) is 23.7 Å².